The minimum atomic E-state index is -0.956. The molecule has 0 fully saturated rings. The van der Waals surface area contributed by atoms with Gasteiger partial charge < -0.3 is 5.11 Å². The van der Waals surface area contributed by atoms with Crippen LogP contribution in [0.25, 0.3) is 6.08 Å². The molecule has 1 atom stereocenters. The molecule has 1 aliphatic rings. The highest BCUT2D eigenvalue weighted by Gasteiger charge is 2.37. The van der Waals surface area contributed by atoms with E-state index in [-0.39, 0.29) is 16.4 Å². The van der Waals surface area contributed by atoms with Crippen molar-refractivity contribution in [3.63, 3.8) is 0 Å². The van der Waals surface area contributed by atoms with E-state index in [2.05, 4.69) is 45.0 Å². The second kappa shape index (κ2) is 7.34. The van der Waals surface area contributed by atoms with Gasteiger partial charge in [0, 0.05) is 0 Å². The Morgan fingerprint density at radius 2 is 1.61 bits per heavy atom. The molecule has 1 N–H and O–H groups in total. The van der Waals surface area contributed by atoms with Crippen LogP contribution >= 0.6 is 0 Å². The number of carbonyl (C=O) groups is 1. The molecule has 1 aliphatic carbocycles. The fraction of sp³-hybridized carbons (Fsp3) is 0.375. The highest BCUT2D eigenvalue weighted by atomic mass is 16.4. The second-order valence-electron chi connectivity index (χ2n) is 8.91. The molecule has 0 saturated heterocycles. The molecule has 4 nitrogen and oxygen atoms in total. The van der Waals surface area contributed by atoms with Gasteiger partial charge >= 0.3 is 5.97 Å². The van der Waals surface area contributed by atoms with E-state index in [1.54, 1.807) is 30.3 Å². The van der Waals surface area contributed by atoms with E-state index in [1.807, 2.05) is 12.1 Å². The van der Waals surface area contributed by atoms with Gasteiger partial charge in [-0.1, -0.05) is 75.4 Å². The molecule has 0 spiro atoms. The van der Waals surface area contributed by atoms with Crippen LogP contribution in [-0.4, -0.2) is 11.1 Å². The zero-order valence-corrected chi connectivity index (χ0v) is 16.9. The lowest BCUT2D eigenvalue weighted by Crippen LogP contribution is -2.33. The average molecular weight is 377 g/mol. The van der Waals surface area contributed by atoms with Crippen LogP contribution in [-0.2, 0) is 10.8 Å². The molecule has 0 bridgehead atoms. The summed E-state index contributed by atoms with van der Waals surface area (Å²) in [6, 6.07) is 12.3. The molecule has 3 rings (SSSR count). The number of hydrogen-bond donors (Lipinski definition) is 1. The molecule has 1 unspecified atom stereocenters. The number of rotatable bonds is 5. The first kappa shape index (κ1) is 20.0. The number of nitrogens with zero attached hydrogens (tertiary/aromatic N) is 1. The Hall–Kier alpha value is -2.75. The standard InChI is InChI=1S/C24H27NO3/c1-23(2)13-14-24(3,4)20-15-18(10-11-19(20)23)21(25-28)12-7-16-5-8-17(9-6-16)22(26)27/h5-12,15,21H,13-14H2,1-4H3,(H,26,27). The topological polar surface area (TPSA) is 66.7 Å². The lowest BCUT2D eigenvalue weighted by Gasteiger charge is -2.42. The molecule has 0 heterocycles. The summed E-state index contributed by atoms with van der Waals surface area (Å²) in [5.74, 6) is -0.956. The molecule has 0 aliphatic heterocycles. The molecular formula is C24H27NO3. The monoisotopic (exact) mass is 377 g/mol. The van der Waals surface area contributed by atoms with E-state index in [9.17, 15) is 9.70 Å². The first-order chi connectivity index (χ1) is 13.1. The summed E-state index contributed by atoms with van der Waals surface area (Å²) in [6.45, 7) is 9.07. The van der Waals surface area contributed by atoms with E-state index in [0.29, 0.717) is 0 Å². The van der Waals surface area contributed by atoms with Gasteiger partial charge in [0.15, 0.2) is 0 Å². The van der Waals surface area contributed by atoms with Crippen molar-refractivity contribution in [3.8, 4) is 0 Å². The normalized spacial score (nSPS) is 18.4. The Morgan fingerprint density at radius 3 is 2.18 bits per heavy atom. The van der Waals surface area contributed by atoms with Crippen LogP contribution < -0.4 is 0 Å². The Labute approximate surface area is 166 Å². The van der Waals surface area contributed by atoms with Crippen molar-refractivity contribution >= 4 is 12.0 Å². The van der Waals surface area contributed by atoms with Crippen molar-refractivity contribution in [2.45, 2.75) is 57.4 Å². The molecule has 28 heavy (non-hydrogen) atoms. The molecule has 4 heteroatoms. The molecule has 0 saturated carbocycles. The number of fused-ring (bicyclic) bond motifs is 1. The number of hydrogen-bond acceptors (Lipinski definition) is 3. The molecule has 0 radical (unpaired) electrons. The van der Waals surface area contributed by atoms with Gasteiger partial charge in [0.25, 0.3) is 0 Å². The predicted octanol–water partition coefficient (Wildman–Crippen LogP) is 6.25. The molecule has 2 aromatic rings. The van der Waals surface area contributed by atoms with Gasteiger partial charge in [-0.15, -0.1) is 4.91 Å². The maximum absolute atomic E-state index is 11.5. The minimum Gasteiger partial charge on any atom is -0.478 e. The smallest absolute Gasteiger partial charge is 0.335 e. The number of aromatic carboxylic acids is 1. The number of nitroso groups, excluding NO2 is 1. The van der Waals surface area contributed by atoms with Gasteiger partial charge in [0.05, 0.1) is 5.56 Å². The molecular weight excluding hydrogens is 350 g/mol. The number of benzene rings is 2. The van der Waals surface area contributed by atoms with Crippen molar-refractivity contribution in [2.75, 3.05) is 0 Å². The van der Waals surface area contributed by atoms with Crippen LogP contribution in [0.15, 0.2) is 53.7 Å². The summed E-state index contributed by atoms with van der Waals surface area (Å²) in [6.07, 6.45) is 5.84. The Morgan fingerprint density at radius 1 is 1.00 bits per heavy atom. The SMILES string of the molecule is CC1(C)CCC(C)(C)c2cc(C(C=Cc3ccc(C(=O)O)cc3)N=O)ccc21. The maximum Gasteiger partial charge on any atom is 0.335 e. The lowest BCUT2D eigenvalue weighted by molar-refractivity contribution is 0.0697. The molecule has 146 valence electrons. The highest BCUT2D eigenvalue weighted by molar-refractivity contribution is 5.87. The number of carboxylic acid groups (broad SMARTS) is 1. The zero-order valence-electron chi connectivity index (χ0n) is 16.9. The van der Waals surface area contributed by atoms with E-state index in [0.717, 1.165) is 24.0 Å². The summed E-state index contributed by atoms with van der Waals surface area (Å²) in [4.78, 5) is 22.5. The van der Waals surface area contributed by atoms with Gasteiger partial charge in [-0.3, -0.25) is 0 Å². The summed E-state index contributed by atoms with van der Waals surface area (Å²) in [5.41, 5.74) is 4.82. The van der Waals surface area contributed by atoms with Crippen LogP contribution in [0.1, 0.15) is 79.2 Å². The van der Waals surface area contributed by atoms with Crippen molar-refractivity contribution in [1.29, 1.82) is 0 Å². The van der Waals surface area contributed by atoms with Gasteiger partial charge in [0.2, 0.25) is 0 Å². The van der Waals surface area contributed by atoms with E-state index in [1.165, 1.54) is 11.1 Å². The van der Waals surface area contributed by atoms with Gasteiger partial charge in [-0.05, 0) is 58.1 Å². The van der Waals surface area contributed by atoms with E-state index in [4.69, 9.17) is 5.11 Å². The molecule has 0 amide bonds. The quantitative estimate of drug-likeness (QED) is 0.626. The second-order valence-corrected chi connectivity index (χ2v) is 8.91. The summed E-state index contributed by atoms with van der Waals surface area (Å²) in [7, 11) is 0. The summed E-state index contributed by atoms with van der Waals surface area (Å²) >= 11 is 0. The summed E-state index contributed by atoms with van der Waals surface area (Å²) in [5, 5.41) is 12.3. The Balaban J connectivity index is 1.91. The van der Waals surface area contributed by atoms with Crippen molar-refractivity contribution in [1.82, 2.24) is 0 Å². The van der Waals surface area contributed by atoms with E-state index < -0.39 is 12.0 Å². The average Bonchev–Trinajstić information content (AvgIpc) is 2.66. The Kier molecular flexibility index (Phi) is 5.24. The van der Waals surface area contributed by atoms with Gasteiger partial charge in [-0.2, -0.15) is 0 Å². The zero-order chi connectivity index (χ0) is 20.5. The fourth-order valence-electron chi connectivity index (χ4n) is 3.94. The third-order valence-electron chi connectivity index (χ3n) is 5.96. The van der Waals surface area contributed by atoms with Crippen LogP contribution in [0.2, 0.25) is 0 Å². The van der Waals surface area contributed by atoms with Crippen molar-refractivity contribution < 1.29 is 9.90 Å². The van der Waals surface area contributed by atoms with Crippen molar-refractivity contribution in [3.05, 3.63) is 81.3 Å². The van der Waals surface area contributed by atoms with E-state index >= 15 is 0 Å². The Bertz CT molecular complexity index is 923. The van der Waals surface area contributed by atoms with Crippen LogP contribution in [0.4, 0.5) is 0 Å². The maximum atomic E-state index is 11.5. The van der Waals surface area contributed by atoms with Crippen molar-refractivity contribution in [2.24, 2.45) is 5.18 Å². The summed E-state index contributed by atoms with van der Waals surface area (Å²) < 4.78 is 0. The van der Waals surface area contributed by atoms with Crippen LogP contribution in [0, 0.1) is 4.91 Å². The van der Waals surface area contributed by atoms with Crippen LogP contribution in [0.5, 0.6) is 0 Å². The number of carboxylic acids is 1. The molecule has 2 aromatic carbocycles. The fourth-order valence-corrected chi connectivity index (χ4v) is 3.94. The largest absolute Gasteiger partial charge is 0.478 e. The highest BCUT2D eigenvalue weighted by Crippen LogP contribution is 2.46. The first-order valence-electron chi connectivity index (χ1n) is 9.63. The third-order valence-corrected chi connectivity index (χ3v) is 5.96. The first-order valence-corrected chi connectivity index (χ1v) is 9.63. The minimum absolute atomic E-state index is 0.0741. The van der Waals surface area contributed by atoms with Crippen LogP contribution in [0.3, 0.4) is 0 Å². The third kappa shape index (κ3) is 3.91. The predicted molar refractivity (Wildman–Crippen MR) is 113 cm³/mol. The molecule has 0 aromatic heterocycles. The van der Waals surface area contributed by atoms with Gasteiger partial charge in [-0.25, -0.2) is 4.79 Å². The van der Waals surface area contributed by atoms with Gasteiger partial charge in [0.1, 0.15) is 6.04 Å². The lowest BCUT2D eigenvalue weighted by atomic mass is 9.63.